The molecule has 0 amide bonds. The molecule has 0 aliphatic rings. The van der Waals surface area contributed by atoms with Gasteiger partial charge in [-0.2, -0.15) is 8.42 Å². The molecule has 2 heterocycles. The monoisotopic (exact) mass is 894 g/mol. The Balaban J connectivity index is 0.000000223. The van der Waals surface area contributed by atoms with Gasteiger partial charge in [0.25, 0.3) is 0 Å². The summed E-state index contributed by atoms with van der Waals surface area (Å²) >= 11 is 12.0. The fourth-order valence-electron chi connectivity index (χ4n) is 7.58. The number of halogens is 2. The molecule has 0 saturated carbocycles. The number of carbonyl (C=O) groups is 2. The molecular weight excluding hydrogens is 852 g/mol. The van der Waals surface area contributed by atoms with E-state index in [0.717, 1.165) is 5.56 Å². The topological polar surface area (TPSA) is 158 Å². The number of hydrogen-bond donors (Lipinski definition) is 1. The smallest absolute Gasteiger partial charge is 0.339 e. The molecule has 62 heavy (non-hydrogen) atoms. The van der Waals surface area contributed by atoms with Gasteiger partial charge >= 0.3 is 10.1 Å². The van der Waals surface area contributed by atoms with Gasteiger partial charge in [0.05, 0.1) is 21.9 Å². The highest BCUT2D eigenvalue weighted by molar-refractivity contribution is 7.87. The molecule has 0 aliphatic carbocycles. The average molecular weight is 896 g/mol. The van der Waals surface area contributed by atoms with Gasteiger partial charge in [0.15, 0.2) is 28.5 Å². The van der Waals surface area contributed by atoms with Crippen LogP contribution in [-0.2, 0) is 10.1 Å². The van der Waals surface area contributed by atoms with E-state index >= 15 is 0 Å². The quantitative estimate of drug-likeness (QED) is 0.109. The van der Waals surface area contributed by atoms with E-state index in [1.165, 1.54) is 38.1 Å². The number of ketones is 2. The minimum atomic E-state index is -4.29. The maximum absolute atomic E-state index is 13.7. The lowest BCUT2D eigenvalue weighted by molar-refractivity contribution is 0.100. The molecule has 2 aromatic heterocycles. The molecule has 0 fully saturated rings. The van der Waals surface area contributed by atoms with Crippen LogP contribution in [0.3, 0.4) is 0 Å². The van der Waals surface area contributed by atoms with Crippen molar-refractivity contribution in [1.82, 2.24) is 0 Å². The van der Waals surface area contributed by atoms with Crippen LogP contribution in [0, 0.1) is 20.8 Å². The number of hydrogen-bond acceptors (Lipinski definition) is 10. The molecule has 10 nitrogen and oxygen atoms in total. The first-order valence-electron chi connectivity index (χ1n) is 19.6. The van der Waals surface area contributed by atoms with E-state index in [4.69, 9.17) is 36.2 Å². The van der Waals surface area contributed by atoms with E-state index in [9.17, 15) is 32.7 Å². The van der Waals surface area contributed by atoms with Crippen LogP contribution in [0.5, 0.6) is 11.5 Å². The van der Waals surface area contributed by atoms with Gasteiger partial charge in [-0.1, -0.05) is 92.9 Å². The van der Waals surface area contributed by atoms with Gasteiger partial charge in [-0.05, 0) is 105 Å². The van der Waals surface area contributed by atoms with E-state index in [0.29, 0.717) is 54.9 Å². The zero-order valence-electron chi connectivity index (χ0n) is 35.5. The normalized spacial score (nSPS) is 11.6. The number of Topliss-reactive ketones (excluding diaryl/α,β-unsaturated/α-hetero) is 2. The molecular formula is C49H44Cl2O10S. The summed E-state index contributed by atoms with van der Waals surface area (Å²) in [6.45, 7) is 15.4. The molecule has 5 aromatic carbocycles. The van der Waals surface area contributed by atoms with Crippen LogP contribution in [0.1, 0.15) is 102 Å². The summed E-state index contributed by atoms with van der Waals surface area (Å²) in [5, 5.41) is 11.5. The molecule has 0 spiro atoms. The van der Waals surface area contributed by atoms with Crippen molar-refractivity contribution < 1.29 is 36.1 Å². The molecule has 0 atom stereocenters. The summed E-state index contributed by atoms with van der Waals surface area (Å²) < 4.78 is 44.4. The highest BCUT2D eigenvalue weighted by Crippen LogP contribution is 2.37. The molecule has 7 aromatic rings. The third kappa shape index (κ3) is 8.84. The van der Waals surface area contributed by atoms with Crippen LogP contribution in [-0.4, -0.2) is 25.1 Å². The molecule has 0 unspecified atom stereocenters. The minimum absolute atomic E-state index is 0.0102. The Morgan fingerprint density at radius 3 is 1.44 bits per heavy atom. The number of fused-ring (bicyclic) bond motifs is 2. The Morgan fingerprint density at radius 1 is 0.629 bits per heavy atom. The molecule has 320 valence electrons. The number of phenolic OH excluding ortho intramolecular Hbond substituents is 1. The van der Waals surface area contributed by atoms with Gasteiger partial charge in [-0.25, -0.2) is 0 Å². The molecule has 0 radical (unpaired) electrons. The Labute approximate surface area is 368 Å². The van der Waals surface area contributed by atoms with Crippen LogP contribution >= 0.6 is 23.2 Å². The standard InChI is InChI=1S/C29H27ClO6S.C20H17ClO4/c1-15(2)27-25(20-7-9-21(30)10-8-20)26(32)22-11-12-23(24(19(6)31)28(22)35-27)36-37(33,34)29-17(4)13-16(3)14-18(29)5;1-10(2)19-17(12-4-6-13(21)7-5-12)18(24)14-8-9-15(23)16(11(3)22)20(14)25-19/h7-15H,1-6H3;4-10,23H,1-3H3. The number of phenols is 1. The van der Waals surface area contributed by atoms with E-state index in [-0.39, 0.29) is 77.9 Å². The summed E-state index contributed by atoms with van der Waals surface area (Å²) in [6.07, 6.45) is 0. The summed E-state index contributed by atoms with van der Waals surface area (Å²) in [4.78, 5) is 51.6. The summed E-state index contributed by atoms with van der Waals surface area (Å²) in [7, 11) is -4.29. The lowest BCUT2D eigenvalue weighted by Gasteiger charge is -2.17. The summed E-state index contributed by atoms with van der Waals surface area (Å²) in [6, 6.07) is 22.9. The Bertz CT molecular complexity index is 3140. The summed E-state index contributed by atoms with van der Waals surface area (Å²) in [5.74, 6) is -0.724. The van der Waals surface area contributed by atoms with Crippen LogP contribution in [0.15, 0.2) is 108 Å². The fourth-order valence-corrected chi connectivity index (χ4v) is 9.20. The highest BCUT2D eigenvalue weighted by atomic mass is 35.5. The Hall–Kier alpha value is -6.01. The third-order valence-electron chi connectivity index (χ3n) is 10.2. The second-order valence-corrected chi connectivity index (χ2v) is 18.0. The first-order chi connectivity index (χ1) is 29.1. The first-order valence-corrected chi connectivity index (χ1v) is 21.8. The molecule has 0 saturated heterocycles. The van der Waals surface area contributed by atoms with Crippen molar-refractivity contribution in [2.75, 3.05) is 0 Å². The van der Waals surface area contributed by atoms with Crippen molar-refractivity contribution in [3.05, 3.63) is 155 Å². The van der Waals surface area contributed by atoms with Gasteiger partial charge < -0.3 is 18.1 Å². The highest BCUT2D eigenvalue weighted by Gasteiger charge is 2.29. The lowest BCUT2D eigenvalue weighted by Crippen LogP contribution is -2.16. The number of rotatable bonds is 9. The fraction of sp³-hybridized carbons (Fsp3) is 0.224. The molecule has 13 heteroatoms. The number of aromatic hydroxyl groups is 1. The van der Waals surface area contributed by atoms with Crippen molar-refractivity contribution in [3.8, 4) is 33.8 Å². The van der Waals surface area contributed by atoms with E-state index in [1.807, 2.05) is 34.6 Å². The Morgan fingerprint density at radius 2 is 1.03 bits per heavy atom. The Kier molecular flexibility index (Phi) is 13.0. The van der Waals surface area contributed by atoms with E-state index in [1.54, 1.807) is 74.5 Å². The average Bonchev–Trinajstić information content (AvgIpc) is 3.17. The molecule has 7 rings (SSSR count). The van der Waals surface area contributed by atoms with Gasteiger partial charge in [-0.15, -0.1) is 0 Å². The van der Waals surface area contributed by atoms with Gasteiger partial charge in [0.1, 0.15) is 33.3 Å². The second kappa shape index (κ2) is 17.8. The predicted molar refractivity (Wildman–Crippen MR) is 244 cm³/mol. The molecule has 0 aliphatic heterocycles. The van der Waals surface area contributed by atoms with Crippen LogP contribution < -0.4 is 15.0 Å². The number of aryl methyl sites for hydroxylation is 3. The van der Waals surface area contributed by atoms with Gasteiger partial charge in [0, 0.05) is 21.9 Å². The zero-order chi connectivity index (χ0) is 45.5. The number of carbonyl (C=O) groups excluding carboxylic acids is 2. The zero-order valence-corrected chi connectivity index (χ0v) is 37.9. The maximum atomic E-state index is 13.7. The van der Waals surface area contributed by atoms with Crippen molar-refractivity contribution in [2.24, 2.45) is 0 Å². The largest absolute Gasteiger partial charge is 0.507 e. The van der Waals surface area contributed by atoms with Crippen LogP contribution in [0.4, 0.5) is 0 Å². The SMILES string of the molecule is CC(=O)c1c(O)ccc2c(=O)c(-c3ccc(Cl)cc3)c(C(C)C)oc12.CC(=O)c1c(OS(=O)(=O)c2c(C)cc(C)cc2C)ccc2c(=O)c(-c3ccc(Cl)cc3)c(C(C)C)oc12. The number of benzene rings is 5. The minimum Gasteiger partial charge on any atom is -0.507 e. The van der Waals surface area contributed by atoms with Crippen molar-refractivity contribution in [2.45, 2.75) is 79.0 Å². The van der Waals surface area contributed by atoms with Crippen molar-refractivity contribution in [3.63, 3.8) is 0 Å². The van der Waals surface area contributed by atoms with Gasteiger partial charge in [-0.3, -0.25) is 19.2 Å². The lowest BCUT2D eigenvalue weighted by atomic mass is 9.95. The van der Waals surface area contributed by atoms with Crippen LogP contribution in [0.2, 0.25) is 10.0 Å². The molecule has 1 N–H and O–H groups in total. The van der Waals surface area contributed by atoms with E-state index in [2.05, 4.69) is 0 Å². The van der Waals surface area contributed by atoms with Gasteiger partial charge in [0.2, 0.25) is 10.9 Å². The first kappa shape index (κ1) is 45.5. The van der Waals surface area contributed by atoms with E-state index < -0.39 is 15.9 Å². The molecule has 0 bridgehead atoms. The maximum Gasteiger partial charge on any atom is 0.339 e. The van der Waals surface area contributed by atoms with Crippen LogP contribution in [0.25, 0.3) is 44.2 Å². The summed E-state index contributed by atoms with van der Waals surface area (Å²) in [5.41, 5.74) is 3.57. The van der Waals surface area contributed by atoms with Crippen molar-refractivity contribution >= 4 is 66.8 Å². The predicted octanol–water partition coefficient (Wildman–Crippen LogP) is 12.3. The third-order valence-corrected chi connectivity index (χ3v) is 12.2. The second-order valence-electron chi connectivity index (χ2n) is 15.7. The van der Waals surface area contributed by atoms with Crippen molar-refractivity contribution in [1.29, 1.82) is 0 Å².